The monoisotopic (exact) mass is 181 g/mol. The summed E-state index contributed by atoms with van der Waals surface area (Å²) < 4.78 is 0. The smallest absolute Gasteiger partial charge is 0.185 e. The Kier molecular flexibility index (Phi) is 2.30. The average Bonchev–Trinajstić information content (AvgIpc) is 2.54. The zero-order chi connectivity index (χ0) is 8.39. The molecule has 1 aromatic rings. The number of thiazole rings is 1. The number of hydrogen-bond acceptors (Lipinski definition) is 3. The van der Waals surface area contributed by atoms with Crippen LogP contribution in [0.15, 0.2) is 5.38 Å². The fourth-order valence-electron chi connectivity index (χ4n) is 1.53. The molecule has 0 N–H and O–H groups in total. The van der Waals surface area contributed by atoms with Crippen molar-refractivity contribution in [2.24, 2.45) is 0 Å². The Bertz CT molecular complexity index is 251. The standard InChI is InChI=1S/C9H13N2S/c1-8-7-12-9(10-8)11-5-3-2-4-6-11/h7H,1-6H2. The molecule has 0 aliphatic carbocycles. The largest absolute Gasteiger partial charge is 0.348 e. The summed E-state index contributed by atoms with van der Waals surface area (Å²) in [4.78, 5) is 6.73. The molecule has 2 heterocycles. The van der Waals surface area contributed by atoms with Crippen molar-refractivity contribution in [1.29, 1.82) is 0 Å². The Morgan fingerprint density at radius 3 is 2.67 bits per heavy atom. The maximum absolute atomic E-state index is 4.37. The van der Waals surface area contributed by atoms with Crippen LogP contribution in [0.1, 0.15) is 25.0 Å². The van der Waals surface area contributed by atoms with Gasteiger partial charge in [-0.05, 0) is 26.2 Å². The van der Waals surface area contributed by atoms with Gasteiger partial charge in [-0.15, -0.1) is 11.3 Å². The minimum atomic E-state index is 0.903. The first-order chi connectivity index (χ1) is 5.86. The zero-order valence-corrected chi connectivity index (χ0v) is 7.94. The molecule has 0 aromatic carbocycles. The molecule has 3 heteroatoms. The summed E-state index contributed by atoms with van der Waals surface area (Å²) in [7, 11) is 0. The van der Waals surface area contributed by atoms with Crippen molar-refractivity contribution < 1.29 is 0 Å². The summed E-state index contributed by atoms with van der Waals surface area (Å²) in [5.41, 5.74) is 0.903. The first-order valence-corrected chi connectivity index (χ1v) is 5.26. The van der Waals surface area contributed by atoms with Gasteiger partial charge in [-0.1, -0.05) is 0 Å². The molecule has 0 bridgehead atoms. The number of piperidine rings is 1. The maximum Gasteiger partial charge on any atom is 0.185 e. The summed E-state index contributed by atoms with van der Waals surface area (Å²) in [5.74, 6) is 0. The van der Waals surface area contributed by atoms with Gasteiger partial charge in [0.1, 0.15) is 0 Å². The number of nitrogens with zero attached hydrogens (tertiary/aromatic N) is 2. The summed E-state index contributed by atoms with van der Waals surface area (Å²) in [6.45, 7) is 6.16. The van der Waals surface area contributed by atoms with Gasteiger partial charge >= 0.3 is 0 Å². The van der Waals surface area contributed by atoms with Crippen LogP contribution >= 0.6 is 11.3 Å². The molecule has 65 valence electrons. The Hall–Kier alpha value is -0.570. The molecule has 2 rings (SSSR count). The lowest BCUT2D eigenvalue weighted by Crippen LogP contribution is -2.29. The van der Waals surface area contributed by atoms with Gasteiger partial charge in [0.2, 0.25) is 0 Å². The molecular formula is C9H13N2S. The molecule has 1 aliphatic rings. The summed E-state index contributed by atoms with van der Waals surface area (Å²) in [6.07, 6.45) is 4.00. The van der Waals surface area contributed by atoms with Crippen LogP contribution in [0.2, 0.25) is 0 Å². The van der Waals surface area contributed by atoms with E-state index in [1.54, 1.807) is 11.3 Å². The number of rotatable bonds is 1. The highest BCUT2D eigenvalue weighted by atomic mass is 32.1. The van der Waals surface area contributed by atoms with Crippen LogP contribution in [-0.4, -0.2) is 18.1 Å². The number of aromatic nitrogens is 1. The summed E-state index contributed by atoms with van der Waals surface area (Å²) in [6, 6.07) is 0. The molecule has 12 heavy (non-hydrogen) atoms. The van der Waals surface area contributed by atoms with Crippen molar-refractivity contribution >= 4 is 16.5 Å². The highest BCUT2D eigenvalue weighted by Crippen LogP contribution is 2.23. The summed E-state index contributed by atoms with van der Waals surface area (Å²) >= 11 is 1.71. The molecule has 1 aromatic heterocycles. The van der Waals surface area contributed by atoms with Crippen molar-refractivity contribution in [3.05, 3.63) is 18.0 Å². The normalized spacial score (nSPS) is 18.2. The molecule has 0 spiro atoms. The SMILES string of the molecule is [CH2]c1csc(N2CCCCC2)n1. The van der Waals surface area contributed by atoms with Crippen LogP contribution in [0, 0.1) is 6.92 Å². The summed E-state index contributed by atoms with van der Waals surface area (Å²) in [5, 5.41) is 3.17. The molecule has 0 atom stereocenters. The third kappa shape index (κ3) is 1.61. The van der Waals surface area contributed by atoms with E-state index in [0.29, 0.717) is 0 Å². The molecular weight excluding hydrogens is 168 g/mol. The van der Waals surface area contributed by atoms with E-state index in [-0.39, 0.29) is 0 Å². The fraction of sp³-hybridized carbons (Fsp3) is 0.556. The average molecular weight is 181 g/mol. The predicted molar refractivity (Wildman–Crippen MR) is 52.6 cm³/mol. The van der Waals surface area contributed by atoms with Crippen LogP contribution in [0.3, 0.4) is 0 Å². The van der Waals surface area contributed by atoms with Gasteiger partial charge in [-0.25, -0.2) is 4.98 Å². The van der Waals surface area contributed by atoms with Crippen LogP contribution < -0.4 is 4.90 Å². The second-order valence-corrected chi connectivity index (χ2v) is 4.01. The quantitative estimate of drug-likeness (QED) is 0.661. The molecule has 1 fully saturated rings. The van der Waals surface area contributed by atoms with Gasteiger partial charge in [-0.3, -0.25) is 0 Å². The topological polar surface area (TPSA) is 16.1 Å². The molecule has 0 unspecified atom stereocenters. The van der Waals surface area contributed by atoms with E-state index in [2.05, 4.69) is 16.8 Å². The van der Waals surface area contributed by atoms with E-state index < -0.39 is 0 Å². The molecule has 0 saturated carbocycles. The number of hydrogen-bond donors (Lipinski definition) is 0. The first-order valence-electron chi connectivity index (χ1n) is 4.39. The van der Waals surface area contributed by atoms with Gasteiger partial charge < -0.3 is 4.90 Å². The van der Waals surface area contributed by atoms with Gasteiger partial charge in [0, 0.05) is 18.5 Å². The van der Waals surface area contributed by atoms with E-state index >= 15 is 0 Å². The van der Waals surface area contributed by atoms with Crippen molar-refractivity contribution in [2.45, 2.75) is 19.3 Å². The molecule has 2 nitrogen and oxygen atoms in total. The molecule has 0 amide bonds. The fourth-order valence-corrected chi connectivity index (χ4v) is 2.32. The van der Waals surface area contributed by atoms with Crippen molar-refractivity contribution in [3.8, 4) is 0 Å². The van der Waals surface area contributed by atoms with Crippen molar-refractivity contribution in [2.75, 3.05) is 18.0 Å². The lowest BCUT2D eigenvalue weighted by Gasteiger charge is -2.25. The van der Waals surface area contributed by atoms with Crippen LogP contribution in [0.25, 0.3) is 0 Å². The highest BCUT2D eigenvalue weighted by molar-refractivity contribution is 7.13. The van der Waals surface area contributed by atoms with Crippen LogP contribution in [-0.2, 0) is 0 Å². The highest BCUT2D eigenvalue weighted by Gasteiger charge is 2.12. The van der Waals surface area contributed by atoms with Gasteiger partial charge in [-0.2, -0.15) is 0 Å². The Morgan fingerprint density at radius 1 is 1.33 bits per heavy atom. The lowest BCUT2D eigenvalue weighted by atomic mass is 10.1. The third-order valence-corrected chi connectivity index (χ3v) is 3.12. The van der Waals surface area contributed by atoms with Crippen LogP contribution in [0.4, 0.5) is 5.13 Å². The maximum atomic E-state index is 4.37. The zero-order valence-electron chi connectivity index (χ0n) is 7.12. The van der Waals surface area contributed by atoms with Gasteiger partial charge in [0.05, 0.1) is 5.69 Å². The Labute approximate surface area is 77.2 Å². The van der Waals surface area contributed by atoms with Gasteiger partial charge in [0.15, 0.2) is 5.13 Å². The van der Waals surface area contributed by atoms with Gasteiger partial charge in [0.25, 0.3) is 0 Å². The first kappa shape index (κ1) is 8.05. The van der Waals surface area contributed by atoms with E-state index in [0.717, 1.165) is 10.8 Å². The van der Waals surface area contributed by atoms with Crippen molar-refractivity contribution in [3.63, 3.8) is 0 Å². The number of anilines is 1. The third-order valence-electron chi connectivity index (χ3n) is 2.17. The van der Waals surface area contributed by atoms with E-state index in [1.807, 2.05) is 5.38 Å². The Morgan fingerprint density at radius 2 is 2.08 bits per heavy atom. The van der Waals surface area contributed by atoms with Crippen molar-refractivity contribution in [1.82, 2.24) is 4.98 Å². The van der Waals surface area contributed by atoms with E-state index in [4.69, 9.17) is 0 Å². The van der Waals surface area contributed by atoms with E-state index in [9.17, 15) is 0 Å². The second-order valence-electron chi connectivity index (χ2n) is 3.17. The minimum Gasteiger partial charge on any atom is -0.348 e. The van der Waals surface area contributed by atoms with Crippen LogP contribution in [0.5, 0.6) is 0 Å². The van der Waals surface area contributed by atoms with E-state index in [1.165, 1.54) is 32.4 Å². The Balaban J connectivity index is 2.08. The lowest BCUT2D eigenvalue weighted by molar-refractivity contribution is 0.577. The predicted octanol–water partition coefficient (Wildman–Crippen LogP) is 2.32. The molecule has 1 aliphatic heterocycles. The second kappa shape index (κ2) is 3.44. The molecule has 1 radical (unpaired) electrons. The molecule has 1 saturated heterocycles. The minimum absolute atomic E-state index is 0.903.